The highest BCUT2D eigenvalue weighted by molar-refractivity contribution is 5.94. The van der Waals surface area contributed by atoms with Crippen molar-refractivity contribution in [3.63, 3.8) is 0 Å². The molecule has 1 aromatic carbocycles. The molecule has 0 bridgehead atoms. The van der Waals surface area contributed by atoms with Crippen molar-refractivity contribution in [1.82, 2.24) is 5.32 Å². The number of benzene rings is 1. The maximum atomic E-state index is 11.9. The highest BCUT2D eigenvalue weighted by Crippen LogP contribution is 2.15. The summed E-state index contributed by atoms with van der Waals surface area (Å²) in [5.41, 5.74) is 2.19. The van der Waals surface area contributed by atoms with Crippen LogP contribution in [0.25, 0.3) is 0 Å². The number of rotatable bonds is 4. The topological polar surface area (TPSA) is 41.1 Å². The molecule has 1 aromatic rings. The summed E-state index contributed by atoms with van der Waals surface area (Å²) in [5.74, 6) is -0.481. The Hall–Kier alpha value is -1.65. The van der Waals surface area contributed by atoms with E-state index in [-0.39, 0.29) is 0 Å². The molecule has 0 aliphatic rings. The molecule has 16 heavy (non-hydrogen) atoms. The third kappa shape index (κ3) is 3.18. The summed E-state index contributed by atoms with van der Waals surface area (Å²) < 4.78 is 23.8. The van der Waals surface area contributed by atoms with Crippen LogP contribution in [-0.4, -0.2) is 25.9 Å². The first-order valence-electron chi connectivity index (χ1n) is 4.89. The van der Waals surface area contributed by atoms with Gasteiger partial charge in [0.15, 0.2) is 0 Å². The number of aryl methyl sites for hydroxylation is 1. The Kier molecular flexibility index (Phi) is 4.22. The number of carbonyl (C=O) groups is 1. The molecule has 88 valence electrons. The van der Waals surface area contributed by atoms with Gasteiger partial charge in [0, 0.05) is 18.3 Å². The zero-order valence-corrected chi connectivity index (χ0v) is 9.18. The molecule has 2 N–H and O–H groups in total. The van der Waals surface area contributed by atoms with E-state index in [1.54, 1.807) is 25.2 Å². The first-order chi connectivity index (χ1) is 7.54. The summed E-state index contributed by atoms with van der Waals surface area (Å²) in [5, 5.41) is 5.11. The Morgan fingerprint density at radius 1 is 1.44 bits per heavy atom. The normalized spacial score (nSPS) is 10.3. The molecule has 0 saturated carbocycles. The van der Waals surface area contributed by atoms with E-state index in [0.717, 1.165) is 11.3 Å². The molecular formula is C11H14F2N2O. The molecule has 3 nitrogen and oxygen atoms in total. The molecule has 0 unspecified atom stereocenters. The molecule has 0 spiro atoms. The largest absolute Gasteiger partial charge is 0.388 e. The van der Waals surface area contributed by atoms with E-state index in [9.17, 15) is 13.6 Å². The molecule has 5 heteroatoms. The lowest BCUT2D eigenvalue weighted by molar-refractivity contribution is 0.0891. The number of amides is 1. The van der Waals surface area contributed by atoms with Crippen LogP contribution in [0.1, 0.15) is 15.9 Å². The second-order valence-electron chi connectivity index (χ2n) is 3.38. The van der Waals surface area contributed by atoms with Crippen LogP contribution in [-0.2, 0) is 0 Å². The Bertz CT molecular complexity index is 380. The lowest BCUT2D eigenvalue weighted by Crippen LogP contribution is -2.28. The van der Waals surface area contributed by atoms with Crippen LogP contribution in [0.5, 0.6) is 0 Å². The SMILES string of the molecule is CNc1ccc(C(=O)NCC(F)F)cc1C. The van der Waals surface area contributed by atoms with Gasteiger partial charge in [0.05, 0.1) is 6.54 Å². The van der Waals surface area contributed by atoms with Crippen LogP contribution in [0.3, 0.4) is 0 Å². The number of alkyl halides is 2. The lowest BCUT2D eigenvalue weighted by atomic mass is 10.1. The van der Waals surface area contributed by atoms with Gasteiger partial charge in [0.1, 0.15) is 0 Å². The third-order valence-corrected chi connectivity index (χ3v) is 2.17. The predicted molar refractivity (Wildman–Crippen MR) is 59.1 cm³/mol. The fourth-order valence-electron chi connectivity index (χ4n) is 1.36. The number of hydrogen-bond acceptors (Lipinski definition) is 2. The molecule has 0 saturated heterocycles. The van der Waals surface area contributed by atoms with Gasteiger partial charge in [-0.3, -0.25) is 4.79 Å². The van der Waals surface area contributed by atoms with E-state index in [1.165, 1.54) is 0 Å². The van der Waals surface area contributed by atoms with Gasteiger partial charge < -0.3 is 10.6 Å². The summed E-state index contributed by atoms with van der Waals surface area (Å²) in [6, 6.07) is 5.00. The van der Waals surface area contributed by atoms with Crippen molar-refractivity contribution in [2.24, 2.45) is 0 Å². The van der Waals surface area contributed by atoms with Crippen molar-refractivity contribution in [2.45, 2.75) is 13.3 Å². The predicted octanol–water partition coefficient (Wildman–Crippen LogP) is 2.03. The van der Waals surface area contributed by atoms with Gasteiger partial charge in [-0.05, 0) is 30.7 Å². The van der Waals surface area contributed by atoms with E-state index in [4.69, 9.17) is 0 Å². The number of carbonyl (C=O) groups excluding carboxylic acids is 1. The first kappa shape index (κ1) is 12.4. The van der Waals surface area contributed by atoms with Crippen LogP contribution in [0, 0.1) is 6.92 Å². The fraction of sp³-hybridized carbons (Fsp3) is 0.364. The molecule has 0 atom stereocenters. The van der Waals surface area contributed by atoms with Crippen molar-refractivity contribution in [2.75, 3.05) is 18.9 Å². The quantitative estimate of drug-likeness (QED) is 0.827. The molecule has 0 aliphatic heterocycles. The van der Waals surface area contributed by atoms with E-state index in [0.29, 0.717) is 5.56 Å². The number of halogens is 2. The molecule has 1 amide bonds. The minimum absolute atomic E-state index is 0.386. The summed E-state index contributed by atoms with van der Waals surface area (Å²) in [4.78, 5) is 11.4. The van der Waals surface area contributed by atoms with Crippen molar-refractivity contribution in [3.05, 3.63) is 29.3 Å². The Labute approximate surface area is 92.8 Å². The third-order valence-electron chi connectivity index (χ3n) is 2.17. The maximum absolute atomic E-state index is 11.9. The van der Waals surface area contributed by atoms with Crippen LogP contribution in [0.2, 0.25) is 0 Å². The van der Waals surface area contributed by atoms with Crippen LogP contribution < -0.4 is 10.6 Å². The van der Waals surface area contributed by atoms with Crippen LogP contribution in [0.15, 0.2) is 18.2 Å². The van der Waals surface area contributed by atoms with Crippen LogP contribution in [0.4, 0.5) is 14.5 Å². The number of nitrogens with one attached hydrogen (secondary N) is 2. The summed E-state index contributed by atoms with van der Waals surface area (Å²) in [6.45, 7) is 1.22. The Balaban J connectivity index is 2.73. The highest BCUT2D eigenvalue weighted by Gasteiger charge is 2.09. The summed E-state index contributed by atoms with van der Waals surface area (Å²) in [6.07, 6.45) is -2.53. The van der Waals surface area contributed by atoms with E-state index in [2.05, 4.69) is 10.6 Å². The van der Waals surface area contributed by atoms with Crippen molar-refractivity contribution in [1.29, 1.82) is 0 Å². The second-order valence-corrected chi connectivity index (χ2v) is 3.38. The second kappa shape index (κ2) is 5.44. The first-order valence-corrected chi connectivity index (χ1v) is 4.89. The average Bonchev–Trinajstić information content (AvgIpc) is 2.25. The zero-order chi connectivity index (χ0) is 12.1. The highest BCUT2D eigenvalue weighted by atomic mass is 19.3. The van der Waals surface area contributed by atoms with Crippen LogP contribution >= 0.6 is 0 Å². The fourth-order valence-corrected chi connectivity index (χ4v) is 1.36. The Morgan fingerprint density at radius 2 is 2.12 bits per heavy atom. The monoisotopic (exact) mass is 228 g/mol. The maximum Gasteiger partial charge on any atom is 0.255 e. The van der Waals surface area contributed by atoms with E-state index < -0.39 is 18.9 Å². The standard InChI is InChI=1S/C11H14F2N2O/c1-7-5-8(3-4-9(7)14-2)11(16)15-6-10(12)13/h3-5,10,14H,6H2,1-2H3,(H,15,16). The Morgan fingerprint density at radius 3 is 2.62 bits per heavy atom. The van der Waals surface area contributed by atoms with Gasteiger partial charge in [-0.15, -0.1) is 0 Å². The molecule has 0 fully saturated rings. The van der Waals surface area contributed by atoms with E-state index in [1.807, 2.05) is 6.92 Å². The van der Waals surface area contributed by atoms with E-state index >= 15 is 0 Å². The molecule has 0 radical (unpaired) electrons. The van der Waals surface area contributed by atoms with Gasteiger partial charge in [-0.1, -0.05) is 0 Å². The van der Waals surface area contributed by atoms with Gasteiger partial charge in [-0.2, -0.15) is 0 Å². The summed E-state index contributed by atoms with van der Waals surface area (Å²) in [7, 11) is 1.78. The molecular weight excluding hydrogens is 214 g/mol. The molecule has 1 rings (SSSR count). The van der Waals surface area contributed by atoms with Gasteiger partial charge in [0.25, 0.3) is 12.3 Å². The molecule has 0 aromatic heterocycles. The number of hydrogen-bond donors (Lipinski definition) is 2. The van der Waals surface area contributed by atoms with Crippen molar-refractivity contribution >= 4 is 11.6 Å². The van der Waals surface area contributed by atoms with Gasteiger partial charge >= 0.3 is 0 Å². The minimum Gasteiger partial charge on any atom is -0.388 e. The van der Waals surface area contributed by atoms with Crippen molar-refractivity contribution in [3.8, 4) is 0 Å². The zero-order valence-electron chi connectivity index (χ0n) is 9.18. The average molecular weight is 228 g/mol. The minimum atomic E-state index is -2.53. The lowest BCUT2D eigenvalue weighted by Gasteiger charge is -2.08. The summed E-state index contributed by atoms with van der Waals surface area (Å²) >= 11 is 0. The molecule has 0 heterocycles. The van der Waals surface area contributed by atoms with Gasteiger partial charge in [-0.25, -0.2) is 8.78 Å². The molecule has 0 aliphatic carbocycles. The van der Waals surface area contributed by atoms with Crippen molar-refractivity contribution < 1.29 is 13.6 Å². The van der Waals surface area contributed by atoms with Gasteiger partial charge in [0.2, 0.25) is 0 Å². The number of anilines is 1. The smallest absolute Gasteiger partial charge is 0.255 e.